The van der Waals surface area contributed by atoms with Crippen LogP contribution in [0.25, 0.3) is 0 Å². The summed E-state index contributed by atoms with van der Waals surface area (Å²) in [6, 6.07) is 9.66. The molecule has 96 valence electrons. The number of fused-ring (bicyclic) bond motifs is 1. The maximum absolute atomic E-state index is 13.8. The summed E-state index contributed by atoms with van der Waals surface area (Å²) in [5.41, 5.74) is 2.09. The summed E-state index contributed by atoms with van der Waals surface area (Å²) in [6.07, 6.45) is 0.601. The normalized spacial score (nSPS) is 16.7. The molecule has 0 fully saturated rings. The van der Waals surface area contributed by atoms with Crippen molar-refractivity contribution < 1.29 is 13.6 Å². The Morgan fingerprint density at radius 2 is 1.89 bits per heavy atom. The summed E-state index contributed by atoms with van der Waals surface area (Å²) in [5.74, 6) is -1.87. The van der Waals surface area contributed by atoms with Gasteiger partial charge >= 0.3 is 0 Å². The van der Waals surface area contributed by atoms with Crippen molar-refractivity contribution in [2.24, 2.45) is 0 Å². The van der Waals surface area contributed by atoms with Gasteiger partial charge in [0.15, 0.2) is 5.78 Å². The summed E-state index contributed by atoms with van der Waals surface area (Å²) in [4.78, 5) is 12.3. The van der Waals surface area contributed by atoms with Gasteiger partial charge in [-0.3, -0.25) is 4.79 Å². The second kappa shape index (κ2) is 4.26. The van der Waals surface area contributed by atoms with E-state index >= 15 is 0 Å². The molecule has 1 nitrogen and oxygen atoms in total. The van der Waals surface area contributed by atoms with Crippen LogP contribution in [-0.2, 0) is 6.42 Å². The molecule has 0 aliphatic heterocycles. The van der Waals surface area contributed by atoms with Crippen LogP contribution in [-0.4, -0.2) is 5.78 Å². The fourth-order valence-corrected chi connectivity index (χ4v) is 2.52. The predicted molar refractivity (Wildman–Crippen MR) is 68.3 cm³/mol. The first-order valence-corrected chi connectivity index (χ1v) is 6.15. The van der Waals surface area contributed by atoms with Crippen molar-refractivity contribution in [1.29, 1.82) is 0 Å². The standard InChI is InChI=1S/C16H12F2O/c1-9-6-15(18)13(8-14(9)17)16(19)12-7-10-4-2-3-5-11(10)12/h2-6,8,12H,7H2,1H3. The molecule has 3 heteroatoms. The highest BCUT2D eigenvalue weighted by Crippen LogP contribution is 2.37. The van der Waals surface area contributed by atoms with E-state index < -0.39 is 11.6 Å². The molecule has 2 aromatic carbocycles. The number of hydrogen-bond acceptors (Lipinski definition) is 1. The first-order chi connectivity index (χ1) is 9.08. The van der Waals surface area contributed by atoms with Gasteiger partial charge in [-0.15, -0.1) is 0 Å². The Morgan fingerprint density at radius 3 is 2.63 bits per heavy atom. The second-order valence-electron chi connectivity index (χ2n) is 4.90. The van der Waals surface area contributed by atoms with Crippen molar-refractivity contribution in [3.05, 3.63) is 70.3 Å². The first-order valence-electron chi connectivity index (χ1n) is 6.15. The molecule has 0 spiro atoms. The SMILES string of the molecule is Cc1cc(F)c(C(=O)C2Cc3ccccc32)cc1F. The molecule has 1 aliphatic carbocycles. The van der Waals surface area contributed by atoms with E-state index in [-0.39, 0.29) is 22.8 Å². The van der Waals surface area contributed by atoms with Crippen LogP contribution < -0.4 is 0 Å². The van der Waals surface area contributed by atoms with Gasteiger partial charge < -0.3 is 0 Å². The number of rotatable bonds is 2. The fourth-order valence-electron chi connectivity index (χ4n) is 2.52. The van der Waals surface area contributed by atoms with E-state index in [1.807, 2.05) is 24.3 Å². The third kappa shape index (κ3) is 1.86. The van der Waals surface area contributed by atoms with E-state index in [0.29, 0.717) is 6.42 Å². The number of Topliss-reactive ketones (excluding diaryl/α,β-unsaturated/α-hetero) is 1. The van der Waals surface area contributed by atoms with Crippen LogP contribution in [0.1, 0.15) is 33.0 Å². The molecule has 0 amide bonds. The van der Waals surface area contributed by atoms with Crippen LogP contribution in [0.4, 0.5) is 8.78 Å². The second-order valence-corrected chi connectivity index (χ2v) is 4.90. The zero-order chi connectivity index (χ0) is 13.6. The molecule has 0 saturated carbocycles. The lowest BCUT2D eigenvalue weighted by atomic mass is 9.73. The molecule has 3 rings (SSSR count). The minimum Gasteiger partial charge on any atom is -0.293 e. The number of benzene rings is 2. The van der Waals surface area contributed by atoms with E-state index in [9.17, 15) is 13.6 Å². The smallest absolute Gasteiger partial charge is 0.173 e. The molecule has 0 saturated heterocycles. The topological polar surface area (TPSA) is 17.1 Å². The molecule has 0 radical (unpaired) electrons. The highest BCUT2D eigenvalue weighted by atomic mass is 19.1. The van der Waals surface area contributed by atoms with Crippen molar-refractivity contribution in [3.8, 4) is 0 Å². The van der Waals surface area contributed by atoms with E-state index in [2.05, 4.69) is 0 Å². The highest BCUT2D eigenvalue weighted by molar-refractivity contribution is 6.02. The zero-order valence-electron chi connectivity index (χ0n) is 10.4. The molecule has 1 atom stereocenters. The monoisotopic (exact) mass is 258 g/mol. The van der Waals surface area contributed by atoms with Crippen molar-refractivity contribution in [2.75, 3.05) is 0 Å². The summed E-state index contributed by atoms with van der Waals surface area (Å²) >= 11 is 0. The quantitative estimate of drug-likeness (QED) is 0.749. The van der Waals surface area contributed by atoms with Crippen LogP contribution >= 0.6 is 0 Å². The Balaban J connectivity index is 1.97. The molecular formula is C16H12F2O. The third-order valence-electron chi connectivity index (χ3n) is 3.68. The van der Waals surface area contributed by atoms with Gasteiger partial charge in [-0.2, -0.15) is 0 Å². The minimum atomic E-state index is -0.645. The van der Waals surface area contributed by atoms with Crippen molar-refractivity contribution in [3.63, 3.8) is 0 Å². The molecule has 19 heavy (non-hydrogen) atoms. The average molecular weight is 258 g/mol. The minimum absolute atomic E-state index is 0.150. The number of ketones is 1. The van der Waals surface area contributed by atoms with Crippen LogP contribution in [0.3, 0.4) is 0 Å². The number of halogens is 2. The van der Waals surface area contributed by atoms with Gasteiger partial charge in [0, 0.05) is 0 Å². The van der Waals surface area contributed by atoms with E-state index in [4.69, 9.17) is 0 Å². The van der Waals surface area contributed by atoms with Crippen molar-refractivity contribution in [1.82, 2.24) is 0 Å². The van der Waals surface area contributed by atoms with Gasteiger partial charge in [-0.25, -0.2) is 8.78 Å². The molecule has 0 N–H and O–H groups in total. The zero-order valence-corrected chi connectivity index (χ0v) is 10.4. The van der Waals surface area contributed by atoms with Gasteiger partial charge in [0.1, 0.15) is 11.6 Å². The average Bonchev–Trinajstić information content (AvgIpc) is 2.35. The Kier molecular flexibility index (Phi) is 2.70. The summed E-state index contributed by atoms with van der Waals surface area (Å²) in [5, 5.41) is 0. The van der Waals surface area contributed by atoms with Gasteiger partial charge in [-0.1, -0.05) is 24.3 Å². The predicted octanol–water partition coefficient (Wildman–Crippen LogP) is 3.80. The number of carbonyl (C=O) groups excluding carboxylic acids is 1. The molecule has 0 bridgehead atoms. The van der Waals surface area contributed by atoms with Crippen LogP contribution in [0.5, 0.6) is 0 Å². The lowest BCUT2D eigenvalue weighted by Gasteiger charge is -2.28. The van der Waals surface area contributed by atoms with Crippen molar-refractivity contribution >= 4 is 5.78 Å². The number of carbonyl (C=O) groups is 1. The third-order valence-corrected chi connectivity index (χ3v) is 3.68. The maximum atomic E-state index is 13.8. The maximum Gasteiger partial charge on any atom is 0.173 e. The lowest BCUT2D eigenvalue weighted by Crippen LogP contribution is -2.26. The molecule has 1 unspecified atom stereocenters. The number of hydrogen-bond donors (Lipinski definition) is 0. The van der Waals surface area contributed by atoms with E-state index in [0.717, 1.165) is 23.3 Å². The summed E-state index contributed by atoms with van der Waals surface area (Å²) in [6.45, 7) is 1.48. The number of aryl methyl sites for hydroxylation is 1. The molecule has 0 heterocycles. The highest BCUT2D eigenvalue weighted by Gasteiger charge is 2.33. The van der Waals surface area contributed by atoms with E-state index in [1.54, 1.807) is 0 Å². The van der Waals surface area contributed by atoms with Crippen LogP contribution in [0, 0.1) is 18.6 Å². The van der Waals surface area contributed by atoms with Gasteiger partial charge in [0.25, 0.3) is 0 Å². The Hall–Kier alpha value is -2.03. The molecule has 0 aromatic heterocycles. The van der Waals surface area contributed by atoms with E-state index in [1.165, 1.54) is 6.92 Å². The Bertz CT molecular complexity index is 676. The first kappa shape index (κ1) is 12.0. The van der Waals surface area contributed by atoms with Gasteiger partial charge in [0.2, 0.25) is 0 Å². The van der Waals surface area contributed by atoms with Crippen LogP contribution in [0.2, 0.25) is 0 Å². The van der Waals surface area contributed by atoms with Crippen molar-refractivity contribution in [2.45, 2.75) is 19.3 Å². The summed E-state index contributed by atoms with van der Waals surface area (Å²) < 4.78 is 27.3. The largest absolute Gasteiger partial charge is 0.293 e. The Morgan fingerprint density at radius 1 is 1.16 bits per heavy atom. The van der Waals surface area contributed by atoms with Crippen LogP contribution in [0.15, 0.2) is 36.4 Å². The molecule has 2 aromatic rings. The summed E-state index contributed by atoms with van der Waals surface area (Å²) in [7, 11) is 0. The fraction of sp³-hybridized carbons (Fsp3) is 0.188. The Labute approximate surface area is 109 Å². The lowest BCUT2D eigenvalue weighted by molar-refractivity contribution is 0.0944. The van der Waals surface area contributed by atoms with Gasteiger partial charge in [0.05, 0.1) is 11.5 Å². The molecular weight excluding hydrogens is 246 g/mol. The molecule has 1 aliphatic rings. The van der Waals surface area contributed by atoms with Gasteiger partial charge in [-0.05, 0) is 42.2 Å².